The number of likely N-dealkylation sites (tertiary alicyclic amines) is 1. The van der Waals surface area contributed by atoms with Gasteiger partial charge in [0.05, 0.1) is 11.6 Å². The average molecular weight is 452 g/mol. The Balaban J connectivity index is 1.24. The van der Waals surface area contributed by atoms with Crippen LogP contribution in [0, 0.1) is 5.92 Å². The molecule has 1 fully saturated rings. The molecule has 1 saturated heterocycles. The normalized spacial score (nSPS) is 20.0. The van der Waals surface area contributed by atoms with Crippen molar-refractivity contribution in [2.45, 2.75) is 43.5 Å². The molecule has 2 heterocycles. The number of nitrogens with one attached hydrogen (secondary N) is 1. The minimum Gasteiger partial charge on any atom is -0.353 e. The van der Waals surface area contributed by atoms with Gasteiger partial charge in [0.2, 0.25) is 11.8 Å². The molecule has 5 nitrogen and oxygen atoms in total. The SMILES string of the molecule is CCN1C(=O)C(CC(=O)NC2CCN(CCc3ccccc3)CC2)CSc2ccccc21. The van der Waals surface area contributed by atoms with E-state index in [1.54, 1.807) is 11.8 Å². The number of amides is 2. The Labute approximate surface area is 195 Å². The highest BCUT2D eigenvalue weighted by atomic mass is 32.2. The predicted molar refractivity (Wildman–Crippen MR) is 131 cm³/mol. The van der Waals surface area contributed by atoms with Gasteiger partial charge in [-0.2, -0.15) is 0 Å². The third kappa shape index (κ3) is 5.73. The highest BCUT2D eigenvalue weighted by Gasteiger charge is 2.32. The summed E-state index contributed by atoms with van der Waals surface area (Å²) >= 11 is 1.68. The summed E-state index contributed by atoms with van der Waals surface area (Å²) < 4.78 is 0. The third-order valence-corrected chi connectivity index (χ3v) is 7.70. The Bertz CT molecular complexity index is 912. The molecule has 2 amide bonds. The van der Waals surface area contributed by atoms with Gasteiger partial charge in [0.25, 0.3) is 0 Å². The van der Waals surface area contributed by atoms with Gasteiger partial charge in [0.1, 0.15) is 0 Å². The smallest absolute Gasteiger partial charge is 0.231 e. The number of hydrogen-bond acceptors (Lipinski definition) is 4. The first-order valence-corrected chi connectivity index (χ1v) is 12.7. The van der Waals surface area contributed by atoms with E-state index in [4.69, 9.17) is 0 Å². The number of carbonyl (C=O) groups is 2. The van der Waals surface area contributed by atoms with E-state index in [9.17, 15) is 9.59 Å². The number of para-hydroxylation sites is 1. The Kier molecular flexibility index (Phi) is 7.87. The van der Waals surface area contributed by atoms with Crippen LogP contribution in [-0.4, -0.2) is 54.7 Å². The summed E-state index contributed by atoms with van der Waals surface area (Å²) in [6.45, 7) is 5.69. The van der Waals surface area contributed by atoms with E-state index < -0.39 is 0 Å². The molecule has 2 aliphatic heterocycles. The minimum atomic E-state index is -0.279. The number of nitrogens with zero attached hydrogens (tertiary/aromatic N) is 2. The lowest BCUT2D eigenvalue weighted by atomic mass is 10.0. The van der Waals surface area contributed by atoms with Crippen molar-refractivity contribution in [1.82, 2.24) is 10.2 Å². The van der Waals surface area contributed by atoms with Crippen molar-refractivity contribution in [2.24, 2.45) is 5.92 Å². The fraction of sp³-hybridized carbons (Fsp3) is 0.462. The van der Waals surface area contributed by atoms with Gasteiger partial charge in [-0.25, -0.2) is 0 Å². The van der Waals surface area contributed by atoms with Crippen LogP contribution in [0.5, 0.6) is 0 Å². The first kappa shape index (κ1) is 22.9. The summed E-state index contributed by atoms with van der Waals surface area (Å²) in [5.74, 6) is 0.445. The maximum atomic E-state index is 13.1. The van der Waals surface area contributed by atoms with Crippen LogP contribution in [0.2, 0.25) is 0 Å². The van der Waals surface area contributed by atoms with E-state index in [1.807, 2.05) is 30.0 Å². The number of anilines is 1. The first-order valence-electron chi connectivity index (χ1n) is 11.7. The predicted octanol–water partition coefficient (Wildman–Crippen LogP) is 3.97. The van der Waals surface area contributed by atoms with Gasteiger partial charge in [0, 0.05) is 49.3 Å². The van der Waals surface area contributed by atoms with Gasteiger partial charge in [-0.05, 0) is 43.9 Å². The monoisotopic (exact) mass is 451 g/mol. The Morgan fingerprint density at radius 3 is 2.53 bits per heavy atom. The Morgan fingerprint density at radius 1 is 1.06 bits per heavy atom. The average Bonchev–Trinajstić information content (AvgIpc) is 2.95. The van der Waals surface area contributed by atoms with Gasteiger partial charge < -0.3 is 15.1 Å². The zero-order chi connectivity index (χ0) is 22.3. The summed E-state index contributed by atoms with van der Waals surface area (Å²) in [5, 5.41) is 3.21. The van der Waals surface area contributed by atoms with Gasteiger partial charge >= 0.3 is 0 Å². The van der Waals surface area contributed by atoms with Crippen molar-refractivity contribution >= 4 is 29.3 Å². The molecule has 0 spiro atoms. The molecule has 0 aromatic heterocycles. The molecule has 170 valence electrons. The largest absolute Gasteiger partial charge is 0.353 e. The standard InChI is InChI=1S/C26H33N3O2S/c1-2-29-23-10-6-7-11-24(23)32-19-21(26(29)31)18-25(30)27-22-13-16-28(17-14-22)15-12-20-8-4-3-5-9-20/h3-11,21-22H,2,12-19H2,1H3,(H,27,30). The molecule has 1 N–H and O–H groups in total. The van der Waals surface area contributed by atoms with Crippen molar-refractivity contribution < 1.29 is 9.59 Å². The van der Waals surface area contributed by atoms with E-state index in [-0.39, 0.29) is 30.2 Å². The van der Waals surface area contributed by atoms with E-state index in [1.165, 1.54) is 5.56 Å². The molecule has 4 rings (SSSR count). The fourth-order valence-electron chi connectivity index (χ4n) is 4.62. The van der Waals surface area contributed by atoms with Crippen molar-refractivity contribution in [1.29, 1.82) is 0 Å². The molecule has 2 aromatic rings. The van der Waals surface area contributed by atoms with E-state index in [0.717, 1.165) is 49.5 Å². The van der Waals surface area contributed by atoms with Crippen LogP contribution in [0.3, 0.4) is 0 Å². The number of rotatable bonds is 7. The first-order chi connectivity index (χ1) is 15.6. The molecule has 32 heavy (non-hydrogen) atoms. The number of piperidine rings is 1. The number of benzene rings is 2. The second-order valence-electron chi connectivity index (χ2n) is 8.68. The topological polar surface area (TPSA) is 52.7 Å². The van der Waals surface area contributed by atoms with Crippen LogP contribution in [-0.2, 0) is 16.0 Å². The second kappa shape index (κ2) is 11.0. The zero-order valence-electron chi connectivity index (χ0n) is 18.8. The number of hydrogen-bond donors (Lipinski definition) is 1. The van der Waals surface area contributed by atoms with Gasteiger partial charge in [-0.15, -0.1) is 11.8 Å². The lowest BCUT2D eigenvalue weighted by Gasteiger charge is -2.32. The van der Waals surface area contributed by atoms with Crippen LogP contribution in [0.1, 0.15) is 31.7 Å². The highest BCUT2D eigenvalue weighted by molar-refractivity contribution is 7.99. The quantitative estimate of drug-likeness (QED) is 0.692. The maximum Gasteiger partial charge on any atom is 0.231 e. The fourth-order valence-corrected chi connectivity index (χ4v) is 5.76. The van der Waals surface area contributed by atoms with Crippen molar-refractivity contribution in [3.05, 3.63) is 60.2 Å². The molecular weight excluding hydrogens is 418 g/mol. The molecule has 2 aliphatic rings. The highest BCUT2D eigenvalue weighted by Crippen LogP contribution is 2.36. The summed E-state index contributed by atoms with van der Waals surface area (Å²) in [7, 11) is 0. The van der Waals surface area contributed by atoms with Crippen molar-refractivity contribution in [3.8, 4) is 0 Å². The van der Waals surface area contributed by atoms with E-state index in [0.29, 0.717) is 12.3 Å². The molecule has 1 unspecified atom stereocenters. The van der Waals surface area contributed by atoms with E-state index in [2.05, 4.69) is 46.6 Å². The molecule has 6 heteroatoms. The molecule has 0 radical (unpaired) electrons. The minimum absolute atomic E-state index is 0.00805. The van der Waals surface area contributed by atoms with Gasteiger partial charge in [-0.1, -0.05) is 42.5 Å². The van der Waals surface area contributed by atoms with Crippen molar-refractivity contribution in [2.75, 3.05) is 36.8 Å². The van der Waals surface area contributed by atoms with Crippen LogP contribution in [0.25, 0.3) is 0 Å². The molecule has 1 atom stereocenters. The molecule has 0 saturated carbocycles. The summed E-state index contributed by atoms with van der Waals surface area (Å²) in [6.07, 6.45) is 3.28. The lowest BCUT2D eigenvalue weighted by molar-refractivity contribution is -0.128. The third-order valence-electron chi connectivity index (χ3n) is 6.47. The Hall–Kier alpha value is -2.31. The maximum absolute atomic E-state index is 13.1. The molecule has 0 aliphatic carbocycles. The molecule has 2 aromatic carbocycles. The van der Waals surface area contributed by atoms with Crippen LogP contribution < -0.4 is 10.2 Å². The van der Waals surface area contributed by atoms with Gasteiger partial charge in [-0.3, -0.25) is 9.59 Å². The zero-order valence-corrected chi connectivity index (χ0v) is 19.7. The lowest BCUT2D eigenvalue weighted by Crippen LogP contribution is -2.46. The van der Waals surface area contributed by atoms with Crippen LogP contribution in [0.15, 0.2) is 59.5 Å². The van der Waals surface area contributed by atoms with E-state index >= 15 is 0 Å². The molecule has 0 bridgehead atoms. The number of fused-ring (bicyclic) bond motifs is 1. The summed E-state index contributed by atoms with van der Waals surface area (Å²) in [5.41, 5.74) is 2.34. The summed E-state index contributed by atoms with van der Waals surface area (Å²) in [4.78, 5) is 31.4. The summed E-state index contributed by atoms with van der Waals surface area (Å²) in [6, 6.07) is 18.8. The molecular formula is C26H33N3O2S. The number of carbonyl (C=O) groups excluding carboxylic acids is 2. The van der Waals surface area contributed by atoms with Crippen LogP contribution >= 0.6 is 11.8 Å². The van der Waals surface area contributed by atoms with Gasteiger partial charge in [0.15, 0.2) is 0 Å². The van der Waals surface area contributed by atoms with Crippen LogP contribution in [0.4, 0.5) is 5.69 Å². The second-order valence-corrected chi connectivity index (χ2v) is 9.74. The Morgan fingerprint density at radius 2 is 1.78 bits per heavy atom. The number of thioether (sulfide) groups is 1. The van der Waals surface area contributed by atoms with Crippen molar-refractivity contribution in [3.63, 3.8) is 0 Å².